The van der Waals surface area contributed by atoms with Gasteiger partial charge in [-0.15, -0.1) is 0 Å². The molecule has 1 aliphatic carbocycles. The van der Waals surface area contributed by atoms with Gasteiger partial charge in [0.1, 0.15) is 16.9 Å². The number of halogens is 2. The number of ether oxygens (including phenoxy) is 1. The first-order chi connectivity index (χ1) is 17.2. The maximum absolute atomic E-state index is 13.8. The Morgan fingerprint density at radius 3 is 2.72 bits per heavy atom. The summed E-state index contributed by atoms with van der Waals surface area (Å²) in [5, 5.41) is 3.76. The topological polar surface area (TPSA) is 88.8 Å². The molecule has 1 aliphatic heterocycles. The summed E-state index contributed by atoms with van der Waals surface area (Å²) in [6.45, 7) is 2.23. The van der Waals surface area contributed by atoms with Crippen LogP contribution in [0, 0.1) is 18.3 Å². The van der Waals surface area contributed by atoms with Gasteiger partial charge < -0.3 is 19.4 Å². The lowest BCUT2D eigenvalue weighted by Crippen LogP contribution is -2.53. The number of esters is 1. The highest BCUT2D eigenvalue weighted by Gasteiger charge is 2.53. The summed E-state index contributed by atoms with van der Waals surface area (Å²) in [6, 6.07) is 8.74. The highest BCUT2D eigenvalue weighted by atomic mass is 35.5. The minimum atomic E-state index is -0.999. The van der Waals surface area contributed by atoms with Crippen LogP contribution in [0.15, 0.2) is 46.5 Å². The van der Waals surface area contributed by atoms with Crippen LogP contribution in [0.1, 0.15) is 55.6 Å². The molecule has 1 aromatic carbocycles. The Hall–Kier alpha value is -2.77. The first-order valence-electron chi connectivity index (χ1n) is 12.1. The van der Waals surface area contributed by atoms with Crippen molar-refractivity contribution >= 4 is 41.0 Å². The molecule has 2 atom stereocenters. The van der Waals surface area contributed by atoms with Gasteiger partial charge in [0.2, 0.25) is 11.8 Å². The van der Waals surface area contributed by atoms with Crippen molar-refractivity contribution in [3.05, 3.63) is 69.2 Å². The largest absolute Gasteiger partial charge is 0.468 e. The zero-order chi connectivity index (χ0) is 25.9. The van der Waals surface area contributed by atoms with Crippen molar-refractivity contribution in [2.24, 2.45) is 11.3 Å². The second kappa shape index (κ2) is 11.1. The van der Waals surface area contributed by atoms with Crippen LogP contribution in [0.25, 0.3) is 0 Å². The maximum atomic E-state index is 13.8. The van der Waals surface area contributed by atoms with E-state index in [1.807, 2.05) is 19.1 Å². The van der Waals surface area contributed by atoms with Crippen molar-refractivity contribution in [3.8, 4) is 0 Å². The van der Waals surface area contributed by atoms with E-state index in [-0.39, 0.29) is 43.7 Å². The van der Waals surface area contributed by atoms with Crippen molar-refractivity contribution in [3.63, 3.8) is 0 Å². The molecular formula is C27H30Cl2N2O5. The predicted molar refractivity (Wildman–Crippen MR) is 136 cm³/mol. The smallest absolute Gasteiger partial charge is 0.317 e. The monoisotopic (exact) mass is 532 g/mol. The van der Waals surface area contributed by atoms with Gasteiger partial charge in [0.25, 0.3) is 0 Å². The third kappa shape index (κ3) is 5.47. The lowest BCUT2D eigenvalue weighted by Gasteiger charge is -2.46. The van der Waals surface area contributed by atoms with Crippen molar-refractivity contribution in [1.82, 2.24) is 10.2 Å². The van der Waals surface area contributed by atoms with Gasteiger partial charge in [0.05, 0.1) is 20.2 Å². The molecule has 36 heavy (non-hydrogen) atoms. The van der Waals surface area contributed by atoms with E-state index >= 15 is 0 Å². The summed E-state index contributed by atoms with van der Waals surface area (Å²) in [4.78, 5) is 41.6. The highest BCUT2D eigenvalue weighted by molar-refractivity contribution is 6.35. The number of rotatable bonds is 7. The number of hydrogen-bond acceptors (Lipinski definition) is 5. The molecule has 1 aromatic heterocycles. The van der Waals surface area contributed by atoms with Crippen LogP contribution in [0.3, 0.4) is 0 Å². The number of benzene rings is 1. The molecule has 2 amide bonds. The zero-order valence-electron chi connectivity index (χ0n) is 20.4. The van der Waals surface area contributed by atoms with E-state index in [1.54, 1.807) is 29.2 Å². The first kappa shape index (κ1) is 26.3. The average molecular weight is 533 g/mol. The van der Waals surface area contributed by atoms with Gasteiger partial charge in [-0.2, -0.15) is 0 Å². The number of likely N-dealkylation sites (tertiary alicyclic amines) is 1. The van der Waals surface area contributed by atoms with Crippen molar-refractivity contribution in [2.45, 2.75) is 58.5 Å². The summed E-state index contributed by atoms with van der Waals surface area (Å²) in [5.41, 5.74) is 0.350. The Morgan fingerprint density at radius 2 is 2.03 bits per heavy atom. The Bertz CT molecular complexity index is 1190. The summed E-state index contributed by atoms with van der Waals surface area (Å²) in [7, 11) is 1.36. The van der Waals surface area contributed by atoms with Gasteiger partial charge >= 0.3 is 5.97 Å². The number of carbonyl (C=O) groups is 3. The number of hydrogen-bond donors (Lipinski definition) is 1. The molecule has 2 aromatic rings. The molecule has 0 saturated carbocycles. The highest BCUT2D eigenvalue weighted by Crippen LogP contribution is 2.50. The van der Waals surface area contributed by atoms with Crippen LogP contribution in [-0.2, 0) is 32.2 Å². The molecule has 1 fully saturated rings. The van der Waals surface area contributed by atoms with Gasteiger partial charge in [-0.25, -0.2) is 0 Å². The van der Waals surface area contributed by atoms with E-state index in [1.165, 1.54) is 7.11 Å². The fourth-order valence-electron chi connectivity index (χ4n) is 5.25. The van der Waals surface area contributed by atoms with Gasteiger partial charge in [-0.1, -0.05) is 41.8 Å². The quantitative estimate of drug-likeness (QED) is 0.471. The first-order valence-corrected chi connectivity index (χ1v) is 12.9. The van der Waals surface area contributed by atoms with Crippen molar-refractivity contribution in [2.75, 3.05) is 7.11 Å². The third-order valence-corrected chi connectivity index (χ3v) is 7.58. The van der Waals surface area contributed by atoms with E-state index in [0.717, 1.165) is 25.0 Å². The van der Waals surface area contributed by atoms with Crippen LogP contribution in [0.4, 0.5) is 0 Å². The van der Waals surface area contributed by atoms with Crippen molar-refractivity contribution < 1.29 is 23.5 Å². The number of fused-ring (bicyclic) bond motifs is 1. The number of methoxy groups -OCH3 is 1. The van der Waals surface area contributed by atoms with Crippen LogP contribution < -0.4 is 5.32 Å². The van der Waals surface area contributed by atoms with E-state index in [9.17, 15) is 14.4 Å². The maximum Gasteiger partial charge on any atom is 0.317 e. The van der Waals surface area contributed by atoms with Crippen LogP contribution in [-0.4, -0.2) is 29.8 Å². The third-order valence-electron chi connectivity index (χ3n) is 6.99. The van der Waals surface area contributed by atoms with E-state index in [2.05, 4.69) is 5.32 Å². The molecule has 7 nitrogen and oxygen atoms in total. The molecule has 2 heterocycles. The van der Waals surface area contributed by atoms with Crippen LogP contribution in [0.2, 0.25) is 10.0 Å². The number of allylic oxidation sites excluding steroid dienone is 1. The predicted octanol–water partition coefficient (Wildman–Crippen LogP) is 5.57. The number of nitrogens with one attached hydrogen (secondary N) is 1. The van der Waals surface area contributed by atoms with Crippen LogP contribution >= 0.6 is 23.2 Å². The summed E-state index contributed by atoms with van der Waals surface area (Å²) >= 11 is 12.5. The fraction of sp³-hybridized carbons (Fsp3) is 0.444. The Balaban J connectivity index is 1.63. The minimum Gasteiger partial charge on any atom is -0.468 e. The van der Waals surface area contributed by atoms with Crippen LogP contribution in [0.5, 0.6) is 0 Å². The normalized spacial score (nSPS) is 21.9. The molecule has 0 spiro atoms. The lowest BCUT2D eigenvalue weighted by molar-refractivity contribution is -0.160. The fourth-order valence-corrected chi connectivity index (χ4v) is 5.71. The number of furan rings is 1. The lowest BCUT2D eigenvalue weighted by atomic mass is 9.69. The number of nitrogens with zero attached hydrogens (tertiary/aromatic N) is 1. The second-order valence-corrected chi connectivity index (χ2v) is 10.3. The molecule has 1 N–H and O–H groups in total. The SMILES string of the molecule is COC(=O)[C@]12CCCCC=C1N(Cc1ccc(Cl)cc1Cl)C(=O)[C@H](CC(=O)NCc1ccc(C)o1)C2. The molecule has 0 radical (unpaired) electrons. The molecule has 192 valence electrons. The summed E-state index contributed by atoms with van der Waals surface area (Å²) in [5.74, 6) is -0.179. The van der Waals surface area contributed by atoms with E-state index < -0.39 is 11.3 Å². The Morgan fingerprint density at radius 1 is 1.22 bits per heavy atom. The summed E-state index contributed by atoms with van der Waals surface area (Å²) in [6.07, 6.45) is 5.17. The Labute approximate surface area is 220 Å². The molecular weight excluding hydrogens is 503 g/mol. The van der Waals surface area contributed by atoms with Gasteiger partial charge in [0.15, 0.2) is 0 Å². The van der Waals surface area contributed by atoms with Crippen molar-refractivity contribution in [1.29, 1.82) is 0 Å². The molecule has 9 heteroatoms. The van der Waals surface area contributed by atoms with E-state index in [4.69, 9.17) is 32.4 Å². The van der Waals surface area contributed by atoms with Gasteiger partial charge in [-0.05, 0) is 62.4 Å². The Kier molecular flexibility index (Phi) is 8.10. The molecule has 0 unspecified atom stereocenters. The minimum absolute atomic E-state index is 0.0462. The average Bonchev–Trinajstić information content (AvgIpc) is 3.15. The van der Waals surface area contributed by atoms with Gasteiger partial charge in [-0.3, -0.25) is 14.4 Å². The molecule has 1 saturated heterocycles. The number of aryl methyl sites for hydroxylation is 1. The summed E-state index contributed by atoms with van der Waals surface area (Å²) < 4.78 is 10.8. The van der Waals surface area contributed by atoms with Gasteiger partial charge in [0, 0.05) is 28.1 Å². The standard InChI is InChI=1S/C27H30Cl2N2O5/c1-17-7-10-21(36-17)15-30-24(32)12-19-14-27(26(34)35-2)11-5-3-4-6-23(27)31(25(19)33)16-18-8-9-20(28)13-22(18)29/h6-10,13,19H,3-5,11-12,14-16H2,1-2H3,(H,30,32)/t19-,27+/m1/s1. The number of amides is 2. The molecule has 2 aliphatic rings. The number of piperidine rings is 1. The zero-order valence-corrected chi connectivity index (χ0v) is 22.0. The molecule has 0 bridgehead atoms. The second-order valence-electron chi connectivity index (χ2n) is 9.46. The molecule has 4 rings (SSSR count). The number of carbonyl (C=O) groups excluding carboxylic acids is 3. The van der Waals surface area contributed by atoms with E-state index in [0.29, 0.717) is 33.5 Å².